The number of carbonyl (C=O) groups excluding carboxylic acids is 1. The fourth-order valence-electron chi connectivity index (χ4n) is 3.46. The van der Waals surface area contributed by atoms with Gasteiger partial charge in [-0.3, -0.25) is 4.79 Å². The molecule has 3 aromatic rings. The maximum absolute atomic E-state index is 12.3. The van der Waals surface area contributed by atoms with Crippen LogP contribution in [0.15, 0.2) is 24.3 Å². The van der Waals surface area contributed by atoms with Gasteiger partial charge in [-0.25, -0.2) is 9.50 Å². The van der Waals surface area contributed by atoms with Gasteiger partial charge in [-0.2, -0.15) is 4.98 Å². The summed E-state index contributed by atoms with van der Waals surface area (Å²) >= 11 is 0. The highest BCUT2D eigenvalue weighted by Crippen LogP contribution is 2.35. The number of hydrogen-bond acceptors (Lipinski definition) is 5. The van der Waals surface area contributed by atoms with E-state index >= 15 is 0 Å². The molecule has 3 heterocycles. The fraction of sp³-hybridized carbons (Fsp3) is 0.400. The predicted molar refractivity (Wildman–Crippen MR) is 101 cm³/mol. The van der Waals surface area contributed by atoms with Gasteiger partial charge in [0.15, 0.2) is 5.82 Å². The molecule has 2 aromatic heterocycles. The van der Waals surface area contributed by atoms with E-state index in [9.17, 15) is 4.79 Å². The van der Waals surface area contributed by atoms with Crippen molar-refractivity contribution < 1.29 is 9.53 Å². The van der Waals surface area contributed by atoms with Crippen LogP contribution in [0.2, 0.25) is 0 Å². The van der Waals surface area contributed by atoms with Crippen LogP contribution >= 0.6 is 0 Å². The molecule has 140 valence electrons. The smallest absolute Gasteiger partial charge is 0.252 e. The van der Waals surface area contributed by atoms with Crippen LogP contribution in [0.1, 0.15) is 42.2 Å². The molecule has 0 spiro atoms. The normalized spacial score (nSPS) is 14.8. The summed E-state index contributed by atoms with van der Waals surface area (Å²) < 4.78 is 7.55. The van der Waals surface area contributed by atoms with E-state index in [0.717, 1.165) is 29.1 Å². The Balaban J connectivity index is 1.40. The van der Waals surface area contributed by atoms with E-state index in [0.29, 0.717) is 18.1 Å². The maximum Gasteiger partial charge on any atom is 0.252 e. The molecule has 1 aromatic carbocycles. The van der Waals surface area contributed by atoms with Gasteiger partial charge in [-0.1, -0.05) is 12.1 Å². The van der Waals surface area contributed by atoms with Crippen LogP contribution in [0.5, 0.6) is 5.75 Å². The van der Waals surface area contributed by atoms with Gasteiger partial charge in [0.25, 0.3) is 5.78 Å². The number of ether oxygens (including phenoxy) is 1. The molecule has 0 atom stereocenters. The van der Waals surface area contributed by atoms with Crippen molar-refractivity contribution in [2.75, 3.05) is 0 Å². The molecule has 1 aliphatic heterocycles. The Morgan fingerprint density at radius 3 is 2.89 bits per heavy atom. The van der Waals surface area contributed by atoms with Crippen LogP contribution in [-0.4, -0.2) is 31.1 Å². The topological polar surface area (TPSA) is 81.4 Å². The number of nitrogens with one attached hydrogen (secondary N) is 1. The number of hydrogen-bond donors (Lipinski definition) is 1. The van der Waals surface area contributed by atoms with Crippen LogP contribution in [-0.2, 0) is 24.2 Å². The second kappa shape index (κ2) is 6.33. The van der Waals surface area contributed by atoms with Crippen molar-refractivity contribution in [2.24, 2.45) is 0 Å². The molecule has 0 aliphatic carbocycles. The van der Waals surface area contributed by atoms with Crippen molar-refractivity contribution >= 4 is 11.7 Å². The Kier molecular flexibility index (Phi) is 4.09. The van der Waals surface area contributed by atoms with Gasteiger partial charge >= 0.3 is 0 Å². The van der Waals surface area contributed by atoms with Gasteiger partial charge < -0.3 is 10.1 Å². The highest BCUT2D eigenvalue weighted by Gasteiger charge is 2.29. The molecule has 0 fully saturated rings. The quantitative estimate of drug-likeness (QED) is 0.767. The van der Waals surface area contributed by atoms with Crippen molar-refractivity contribution in [3.63, 3.8) is 0 Å². The lowest BCUT2D eigenvalue weighted by atomic mass is 10.0. The lowest BCUT2D eigenvalue weighted by Crippen LogP contribution is -2.25. The largest absolute Gasteiger partial charge is 0.487 e. The van der Waals surface area contributed by atoms with E-state index < -0.39 is 0 Å². The zero-order valence-electron chi connectivity index (χ0n) is 16.0. The first-order chi connectivity index (χ1) is 12.8. The van der Waals surface area contributed by atoms with Crippen LogP contribution in [0, 0.1) is 13.8 Å². The summed E-state index contributed by atoms with van der Waals surface area (Å²) in [7, 11) is 0. The zero-order chi connectivity index (χ0) is 19.2. The summed E-state index contributed by atoms with van der Waals surface area (Å²) in [4.78, 5) is 21.0. The Labute approximate surface area is 157 Å². The van der Waals surface area contributed by atoms with Crippen molar-refractivity contribution in [1.82, 2.24) is 24.9 Å². The number of nitrogens with zero attached hydrogens (tertiary/aromatic N) is 4. The lowest BCUT2D eigenvalue weighted by Gasteiger charge is -2.16. The standard InChI is InChI=1S/C20H23N5O2/c1-12-7-13(2)25-19(22-12)23-17(24-25)9-18(26)21-11-14-5-6-16-15(8-14)10-20(3,4)27-16/h5-8H,9-11H2,1-4H3,(H,21,26). The minimum absolute atomic E-state index is 0.114. The van der Waals surface area contributed by atoms with Crippen molar-refractivity contribution in [3.05, 3.63) is 52.6 Å². The first-order valence-corrected chi connectivity index (χ1v) is 9.06. The van der Waals surface area contributed by atoms with Gasteiger partial charge in [0.1, 0.15) is 11.4 Å². The van der Waals surface area contributed by atoms with Gasteiger partial charge in [0, 0.05) is 24.4 Å². The van der Waals surface area contributed by atoms with Crippen LogP contribution < -0.4 is 10.1 Å². The summed E-state index contributed by atoms with van der Waals surface area (Å²) in [5.74, 6) is 1.81. The van der Waals surface area contributed by atoms with E-state index in [4.69, 9.17) is 4.74 Å². The van der Waals surface area contributed by atoms with Crippen molar-refractivity contribution in [3.8, 4) is 5.75 Å². The lowest BCUT2D eigenvalue weighted by molar-refractivity contribution is -0.120. The van der Waals surface area contributed by atoms with E-state index in [1.165, 1.54) is 5.56 Å². The van der Waals surface area contributed by atoms with Crippen molar-refractivity contribution in [1.29, 1.82) is 0 Å². The highest BCUT2D eigenvalue weighted by molar-refractivity contribution is 5.77. The molecule has 1 aliphatic rings. The van der Waals surface area contributed by atoms with E-state index in [2.05, 4.69) is 40.3 Å². The summed E-state index contributed by atoms with van der Waals surface area (Å²) in [6, 6.07) is 8.00. The third-order valence-electron chi connectivity index (χ3n) is 4.60. The minimum Gasteiger partial charge on any atom is -0.487 e. The van der Waals surface area contributed by atoms with Crippen LogP contribution in [0.25, 0.3) is 5.78 Å². The molecule has 0 unspecified atom stereocenters. The first kappa shape index (κ1) is 17.5. The van der Waals surface area contributed by atoms with E-state index in [-0.39, 0.29) is 17.9 Å². The third-order valence-corrected chi connectivity index (χ3v) is 4.60. The molecule has 1 N–H and O–H groups in total. The molecule has 0 saturated carbocycles. The Bertz CT molecular complexity index is 1040. The van der Waals surface area contributed by atoms with Gasteiger partial charge in [0.05, 0.1) is 6.42 Å². The zero-order valence-corrected chi connectivity index (χ0v) is 16.0. The van der Waals surface area contributed by atoms with Crippen molar-refractivity contribution in [2.45, 2.75) is 52.7 Å². The minimum atomic E-state index is -0.163. The molecule has 27 heavy (non-hydrogen) atoms. The first-order valence-electron chi connectivity index (χ1n) is 9.06. The Morgan fingerprint density at radius 1 is 1.26 bits per heavy atom. The number of aromatic nitrogens is 4. The summed E-state index contributed by atoms with van der Waals surface area (Å²) in [5.41, 5.74) is 3.90. The second-order valence-corrected chi connectivity index (χ2v) is 7.71. The molecule has 7 nitrogen and oxygen atoms in total. The maximum atomic E-state index is 12.3. The van der Waals surface area contributed by atoms with Gasteiger partial charge in [0.2, 0.25) is 5.91 Å². The monoisotopic (exact) mass is 365 g/mol. The third kappa shape index (κ3) is 3.63. The number of rotatable bonds is 4. The number of aryl methyl sites for hydroxylation is 2. The van der Waals surface area contributed by atoms with E-state index in [1.54, 1.807) is 4.52 Å². The number of amides is 1. The summed E-state index contributed by atoms with van der Waals surface area (Å²) in [6.07, 6.45) is 1.00. The average Bonchev–Trinajstić information content (AvgIpc) is 3.10. The molecule has 4 rings (SSSR count). The predicted octanol–water partition coefficient (Wildman–Crippen LogP) is 2.31. The SMILES string of the molecule is Cc1cc(C)n2nc(CC(=O)NCc3ccc4c(c3)CC(C)(C)O4)nc2n1. The molecule has 7 heteroatoms. The number of benzene rings is 1. The number of fused-ring (bicyclic) bond motifs is 2. The molecular weight excluding hydrogens is 342 g/mol. The van der Waals surface area contributed by atoms with Crippen LogP contribution in [0.3, 0.4) is 0 Å². The summed E-state index contributed by atoms with van der Waals surface area (Å²) in [5, 5.41) is 7.32. The second-order valence-electron chi connectivity index (χ2n) is 7.71. The van der Waals surface area contributed by atoms with E-state index in [1.807, 2.05) is 32.0 Å². The highest BCUT2D eigenvalue weighted by atomic mass is 16.5. The Hall–Kier alpha value is -2.96. The molecule has 1 amide bonds. The molecular formula is C20H23N5O2. The fourth-order valence-corrected chi connectivity index (χ4v) is 3.46. The van der Waals surface area contributed by atoms with Gasteiger partial charge in [-0.15, -0.1) is 5.10 Å². The Morgan fingerprint density at radius 2 is 2.07 bits per heavy atom. The molecule has 0 saturated heterocycles. The molecule has 0 radical (unpaired) electrons. The van der Waals surface area contributed by atoms with Gasteiger partial charge in [-0.05, 0) is 51.0 Å². The van der Waals surface area contributed by atoms with Crippen LogP contribution in [0.4, 0.5) is 0 Å². The summed E-state index contributed by atoms with van der Waals surface area (Å²) in [6.45, 7) is 8.48. The number of carbonyl (C=O) groups is 1. The molecule has 0 bridgehead atoms. The average molecular weight is 365 g/mol.